The molecule has 0 aliphatic rings. The summed E-state index contributed by atoms with van der Waals surface area (Å²) in [7, 11) is 0. The summed E-state index contributed by atoms with van der Waals surface area (Å²) in [4.78, 5) is 0. The van der Waals surface area contributed by atoms with Crippen LogP contribution in [0, 0.1) is 0 Å². The molecule has 1 rings (SSSR count). The van der Waals surface area contributed by atoms with E-state index in [1.54, 1.807) is 0 Å². The first kappa shape index (κ1) is 8.83. The molecular formula is C8H13N3O. The first-order chi connectivity index (χ1) is 5.86. The monoisotopic (exact) mass is 167 g/mol. The third-order valence-electron chi connectivity index (χ3n) is 1.49. The number of aliphatic hydroxyl groups is 1. The second-order valence-corrected chi connectivity index (χ2v) is 2.37. The zero-order valence-electron chi connectivity index (χ0n) is 6.75. The van der Waals surface area contributed by atoms with Gasteiger partial charge >= 0.3 is 0 Å². The van der Waals surface area contributed by atoms with E-state index in [1.165, 1.54) is 0 Å². The lowest BCUT2D eigenvalue weighted by molar-refractivity contribution is 0.311. The molecule has 0 heterocycles. The number of anilines is 2. The minimum Gasteiger partial charge on any atom is -0.395 e. The lowest BCUT2D eigenvalue weighted by Crippen LogP contribution is -2.07. The fourth-order valence-corrected chi connectivity index (χ4v) is 0.885. The van der Waals surface area contributed by atoms with E-state index in [-0.39, 0.29) is 6.61 Å². The molecule has 0 fully saturated rings. The van der Waals surface area contributed by atoms with Crippen molar-refractivity contribution in [2.45, 2.75) is 0 Å². The maximum atomic E-state index is 8.53. The Labute approximate surface area is 71.4 Å². The van der Waals surface area contributed by atoms with Crippen molar-refractivity contribution in [3.05, 3.63) is 24.3 Å². The predicted octanol–water partition coefficient (Wildman–Crippen LogP) is 0.376. The molecule has 0 amide bonds. The summed E-state index contributed by atoms with van der Waals surface area (Å²) in [5.74, 6) is 5.19. The molecule has 4 heteroatoms. The molecule has 0 saturated heterocycles. The van der Waals surface area contributed by atoms with Gasteiger partial charge in [0.1, 0.15) is 0 Å². The average molecular weight is 167 g/mol. The van der Waals surface area contributed by atoms with E-state index in [1.807, 2.05) is 24.3 Å². The Bertz CT molecular complexity index is 222. The van der Waals surface area contributed by atoms with Crippen molar-refractivity contribution in [1.29, 1.82) is 0 Å². The summed E-state index contributed by atoms with van der Waals surface area (Å²) in [5.41, 5.74) is 4.37. The van der Waals surface area contributed by atoms with E-state index in [4.69, 9.17) is 10.9 Å². The lowest BCUT2D eigenvalue weighted by Gasteiger charge is -2.04. The van der Waals surface area contributed by atoms with Crippen molar-refractivity contribution in [2.24, 2.45) is 5.84 Å². The van der Waals surface area contributed by atoms with Gasteiger partial charge in [-0.3, -0.25) is 5.84 Å². The number of nitrogens with one attached hydrogen (secondary N) is 2. The minimum absolute atomic E-state index is 0.136. The summed E-state index contributed by atoms with van der Waals surface area (Å²) in [6.07, 6.45) is 0. The van der Waals surface area contributed by atoms with Crippen molar-refractivity contribution in [2.75, 3.05) is 23.9 Å². The van der Waals surface area contributed by atoms with E-state index in [9.17, 15) is 0 Å². The van der Waals surface area contributed by atoms with Gasteiger partial charge in [0.25, 0.3) is 0 Å². The van der Waals surface area contributed by atoms with Crippen LogP contribution in [-0.2, 0) is 0 Å². The molecule has 1 aromatic carbocycles. The predicted molar refractivity (Wildman–Crippen MR) is 49.8 cm³/mol. The summed E-state index contributed by atoms with van der Waals surface area (Å²) >= 11 is 0. The smallest absolute Gasteiger partial charge is 0.0604 e. The number of hydrazine groups is 1. The van der Waals surface area contributed by atoms with Gasteiger partial charge in [-0.25, -0.2) is 0 Å². The fraction of sp³-hybridized carbons (Fsp3) is 0.250. The molecule has 66 valence electrons. The number of nitrogen functional groups attached to an aromatic ring is 1. The quantitative estimate of drug-likeness (QED) is 0.386. The normalized spacial score (nSPS) is 9.50. The highest BCUT2D eigenvalue weighted by Crippen LogP contribution is 2.11. The van der Waals surface area contributed by atoms with E-state index in [2.05, 4.69) is 10.7 Å². The molecule has 0 atom stereocenters. The van der Waals surface area contributed by atoms with Crippen LogP contribution in [0.25, 0.3) is 0 Å². The van der Waals surface area contributed by atoms with Crippen molar-refractivity contribution < 1.29 is 5.11 Å². The van der Waals surface area contributed by atoms with Crippen molar-refractivity contribution in [3.63, 3.8) is 0 Å². The van der Waals surface area contributed by atoms with E-state index >= 15 is 0 Å². The van der Waals surface area contributed by atoms with Crippen LogP contribution in [0.5, 0.6) is 0 Å². The topological polar surface area (TPSA) is 70.3 Å². The second kappa shape index (κ2) is 4.58. The van der Waals surface area contributed by atoms with Crippen molar-refractivity contribution in [1.82, 2.24) is 0 Å². The highest BCUT2D eigenvalue weighted by molar-refractivity contribution is 5.52. The molecule has 5 N–H and O–H groups in total. The number of aliphatic hydroxyl groups excluding tert-OH is 1. The molecule has 1 aromatic rings. The zero-order valence-corrected chi connectivity index (χ0v) is 6.75. The third-order valence-corrected chi connectivity index (χ3v) is 1.49. The van der Waals surface area contributed by atoms with Gasteiger partial charge in [0.05, 0.1) is 6.61 Å². The van der Waals surface area contributed by atoms with Gasteiger partial charge in [-0.2, -0.15) is 0 Å². The van der Waals surface area contributed by atoms with Gasteiger partial charge < -0.3 is 15.8 Å². The molecule has 0 saturated carbocycles. The minimum atomic E-state index is 0.136. The Balaban J connectivity index is 2.53. The molecule has 0 aliphatic heterocycles. The Morgan fingerprint density at radius 3 is 2.25 bits per heavy atom. The molecule has 0 aromatic heterocycles. The SMILES string of the molecule is NNc1ccc(NCCO)cc1. The first-order valence-corrected chi connectivity index (χ1v) is 3.78. The molecule has 0 unspecified atom stereocenters. The Morgan fingerprint density at radius 2 is 1.75 bits per heavy atom. The highest BCUT2D eigenvalue weighted by Gasteiger charge is 1.90. The van der Waals surface area contributed by atoms with Gasteiger partial charge in [-0.15, -0.1) is 0 Å². The van der Waals surface area contributed by atoms with Gasteiger partial charge in [-0.1, -0.05) is 0 Å². The zero-order chi connectivity index (χ0) is 8.81. The lowest BCUT2D eigenvalue weighted by atomic mass is 10.3. The van der Waals surface area contributed by atoms with Crippen LogP contribution in [0.3, 0.4) is 0 Å². The maximum absolute atomic E-state index is 8.53. The molecule has 12 heavy (non-hydrogen) atoms. The second-order valence-electron chi connectivity index (χ2n) is 2.37. The Kier molecular flexibility index (Phi) is 3.37. The molecule has 0 aliphatic carbocycles. The van der Waals surface area contributed by atoms with Gasteiger partial charge in [-0.05, 0) is 24.3 Å². The van der Waals surface area contributed by atoms with E-state index < -0.39 is 0 Å². The van der Waals surface area contributed by atoms with Crippen LogP contribution < -0.4 is 16.6 Å². The largest absolute Gasteiger partial charge is 0.395 e. The molecule has 4 nitrogen and oxygen atoms in total. The van der Waals surface area contributed by atoms with Crippen LogP contribution in [0.1, 0.15) is 0 Å². The number of hydrogen-bond donors (Lipinski definition) is 4. The molecule has 0 bridgehead atoms. The standard InChI is InChI=1S/C8H13N3O/c9-11-8-3-1-7(2-4-8)10-5-6-12/h1-4,10-12H,5-6,9H2. The van der Waals surface area contributed by atoms with Crippen molar-refractivity contribution in [3.8, 4) is 0 Å². The van der Waals surface area contributed by atoms with Gasteiger partial charge in [0.2, 0.25) is 0 Å². The Hall–Kier alpha value is -1.26. The summed E-state index contributed by atoms with van der Waals surface area (Å²) < 4.78 is 0. The fourth-order valence-electron chi connectivity index (χ4n) is 0.885. The molecule has 0 spiro atoms. The Morgan fingerprint density at radius 1 is 1.17 bits per heavy atom. The van der Waals surface area contributed by atoms with E-state index in [0.29, 0.717) is 6.54 Å². The van der Waals surface area contributed by atoms with Crippen LogP contribution >= 0.6 is 0 Å². The molecular weight excluding hydrogens is 154 g/mol. The summed E-state index contributed by atoms with van der Waals surface area (Å²) in [5, 5.41) is 11.6. The number of hydrogen-bond acceptors (Lipinski definition) is 4. The highest BCUT2D eigenvalue weighted by atomic mass is 16.3. The third kappa shape index (κ3) is 2.41. The van der Waals surface area contributed by atoms with Crippen LogP contribution in [0.2, 0.25) is 0 Å². The average Bonchev–Trinajstić information content (AvgIpc) is 2.15. The van der Waals surface area contributed by atoms with Gasteiger partial charge in [0, 0.05) is 17.9 Å². The molecule has 0 radical (unpaired) electrons. The van der Waals surface area contributed by atoms with Crippen LogP contribution in [-0.4, -0.2) is 18.3 Å². The van der Waals surface area contributed by atoms with E-state index in [0.717, 1.165) is 11.4 Å². The van der Waals surface area contributed by atoms with Crippen molar-refractivity contribution >= 4 is 11.4 Å². The maximum Gasteiger partial charge on any atom is 0.0604 e. The summed E-state index contributed by atoms with van der Waals surface area (Å²) in [6, 6.07) is 7.51. The van der Waals surface area contributed by atoms with Crippen LogP contribution in [0.4, 0.5) is 11.4 Å². The summed E-state index contributed by atoms with van der Waals surface area (Å²) in [6.45, 7) is 0.701. The number of nitrogens with two attached hydrogens (primary N) is 1. The van der Waals surface area contributed by atoms with Crippen LogP contribution in [0.15, 0.2) is 24.3 Å². The number of rotatable bonds is 4. The first-order valence-electron chi connectivity index (χ1n) is 3.78. The number of benzene rings is 1. The van der Waals surface area contributed by atoms with Gasteiger partial charge in [0.15, 0.2) is 0 Å².